The van der Waals surface area contributed by atoms with Gasteiger partial charge in [-0.05, 0) is 34.1 Å². The lowest BCUT2D eigenvalue weighted by Gasteiger charge is -2.11. The molecule has 0 aliphatic heterocycles. The normalized spacial score (nSPS) is 12.7. The van der Waals surface area contributed by atoms with Crippen molar-refractivity contribution < 1.29 is 0 Å². The van der Waals surface area contributed by atoms with E-state index in [2.05, 4.69) is 101 Å². The van der Waals surface area contributed by atoms with Crippen molar-refractivity contribution >= 4 is 35.1 Å². The second-order valence-electron chi connectivity index (χ2n) is 6.25. The molecule has 0 spiro atoms. The summed E-state index contributed by atoms with van der Waals surface area (Å²) in [6, 6.07) is 17.1. The molecule has 0 saturated heterocycles. The summed E-state index contributed by atoms with van der Waals surface area (Å²) in [7, 11) is 0. The Hall–Kier alpha value is -1.12. The van der Waals surface area contributed by atoms with Crippen LogP contribution in [-0.2, 0) is 0 Å². The van der Waals surface area contributed by atoms with Crippen LogP contribution in [0.3, 0.4) is 0 Å². The molecule has 0 heterocycles. The molecule has 0 N–H and O–H groups in total. The highest BCUT2D eigenvalue weighted by molar-refractivity contribution is 7.96. The standard InChI is InChI=1S/C20H24S2/c1-13(2)15-5-9-17(10-6-15)19(21)20(22)18-11-7-16(8-12-18)14(3)4/h5-14,21-22H,1-4H3/b20-19+. The first kappa shape index (κ1) is 17.2. The summed E-state index contributed by atoms with van der Waals surface area (Å²) in [5, 5.41) is 0. The van der Waals surface area contributed by atoms with E-state index in [4.69, 9.17) is 0 Å². The predicted octanol–water partition coefficient (Wildman–Crippen LogP) is 6.62. The summed E-state index contributed by atoms with van der Waals surface area (Å²) in [5.41, 5.74) is 4.88. The van der Waals surface area contributed by atoms with Gasteiger partial charge in [-0.3, -0.25) is 0 Å². The topological polar surface area (TPSA) is 0 Å². The van der Waals surface area contributed by atoms with Gasteiger partial charge in [0.1, 0.15) is 0 Å². The average Bonchev–Trinajstić information content (AvgIpc) is 2.53. The zero-order valence-electron chi connectivity index (χ0n) is 13.7. The monoisotopic (exact) mass is 328 g/mol. The number of hydrogen-bond acceptors (Lipinski definition) is 2. The Labute approximate surface area is 145 Å². The van der Waals surface area contributed by atoms with Gasteiger partial charge in [0.2, 0.25) is 0 Å². The molecule has 2 aromatic rings. The van der Waals surface area contributed by atoms with Crippen LogP contribution in [0.25, 0.3) is 9.81 Å². The highest BCUT2D eigenvalue weighted by Crippen LogP contribution is 2.33. The van der Waals surface area contributed by atoms with E-state index in [9.17, 15) is 0 Å². The van der Waals surface area contributed by atoms with Crippen molar-refractivity contribution in [3.05, 3.63) is 70.8 Å². The maximum Gasteiger partial charge on any atom is 0.0253 e. The van der Waals surface area contributed by atoms with Gasteiger partial charge in [-0.2, -0.15) is 0 Å². The average molecular weight is 329 g/mol. The largest absolute Gasteiger partial charge is 0.142 e. The molecule has 0 amide bonds. The van der Waals surface area contributed by atoms with Crippen molar-refractivity contribution in [2.75, 3.05) is 0 Å². The molecule has 0 saturated carbocycles. The molecule has 116 valence electrons. The molecule has 0 aromatic heterocycles. The van der Waals surface area contributed by atoms with E-state index in [1.165, 1.54) is 11.1 Å². The fraction of sp³-hybridized carbons (Fsp3) is 0.300. The Balaban J connectivity index is 2.31. The lowest BCUT2D eigenvalue weighted by atomic mass is 10.00. The number of hydrogen-bond donors (Lipinski definition) is 2. The zero-order chi connectivity index (χ0) is 16.3. The van der Waals surface area contributed by atoms with Crippen molar-refractivity contribution in [1.29, 1.82) is 0 Å². The first-order valence-electron chi connectivity index (χ1n) is 7.73. The molecular formula is C20H24S2. The number of thiol groups is 2. The smallest absolute Gasteiger partial charge is 0.0253 e. The molecule has 2 aromatic carbocycles. The SMILES string of the molecule is CC(C)c1ccc(/C(S)=C(\S)c2ccc(C(C)C)cc2)cc1. The predicted molar refractivity (Wildman–Crippen MR) is 106 cm³/mol. The van der Waals surface area contributed by atoms with E-state index in [0.29, 0.717) is 11.8 Å². The van der Waals surface area contributed by atoms with Crippen LogP contribution in [0.2, 0.25) is 0 Å². The van der Waals surface area contributed by atoms with E-state index >= 15 is 0 Å². The Morgan fingerprint density at radius 3 is 1.09 bits per heavy atom. The van der Waals surface area contributed by atoms with Crippen LogP contribution < -0.4 is 0 Å². The third-order valence-electron chi connectivity index (χ3n) is 3.93. The Morgan fingerprint density at radius 2 is 0.864 bits per heavy atom. The molecule has 0 aliphatic rings. The van der Waals surface area contributed by atoms with Crippen LogP contribution in [0, 0.1) is 0 Å². The Bertz CT molecular complexity index is 588. The van der Waals surface area contributed by atoms with Crippen molar-refractivity contribution in [2.45, 2.75) is 39.5 Å². The number of rotatable bonds is 4. The van der Waals surface area contributed by atoms with Crippen LogP contribution in [0.5, 0.6) is 0 Å². The molecule has 2 heteroatoms. The maximum atomic E-state index is 4.68. The van der Waals surface area contributed by atoms with Gasteiger partial charge in [-0.1, -0.05) is 76.2 Å². The van der Waals surface area contributed by atoms with Crippen LogP contribution in [-0.4, -0.2) is 0 Å². The van der Waals surface area contributed by atoms with Crippen LogP contribution in [0.4, 0.5) is 0 Å². The van der Waals surface area contributed by atoms with Crippen LogP contribution in [0.15, 0.2) is 48.5 Å². The van der Waals surface area contributed by atoms with E-state index < -0.39 is 0 Å². The highest BCUT2D eigenvalue weighted by Gasteiger charge is 2.07. The first-order chi connectivity index (χ1) is 10.4. The Morgan fingerprint density at radius 1 is 0.591 bits per heavy atom. The van der Waals surface area contributed by atoms with E-state index in [1.807, 2.05) is 0 Å². The van der Waals surface area contributed by atoms with Gasteiger partial charge in [0, 0.05) is 9.81 Å². The second-order valence-corrected chi connectivity index (χ2v) is 7.15. The maximum absolute atomic E-state index is 4.68. The van der Waals surface area contributed by atoms with Gasteiger partial charge < -0.3 is 0 Å². The quantitative estimate of drug-likeness (QED) is 0.457. The molecule has 0 atom stereocenters. The second kappa shape index (κ2) is 7.43. The minimum absolute atomic E-state index is 0.542. The van der Waals surface area contributed by atoms with Crippen LogP contribution in [0.1, 0.15) is 61.8 Å². The lowest BCUT2D eigenvalue weighted by molar-refractivity contribution is 0.866. The highest BCUT2D eigenvalue weighted by atomic mass is 32.1. The molecule has 0 radical (unpaired) electrons. The third-order valence-corrected chi connectivity index (χ3v) is 5.07. The molecule has 0 bridgehead atoms. The first-order valence-corrected chi connectivity index (χ1v) is 8.62. The molecule has 0 unspecified atom stereocenters. The van der Waals surface area contributed by atoms with Crippen molar-refractivity contribution in [2.24, 2.45) is 0 Å². The summed E-state index contributed by atoms with van der Waals surface area (Å²) in [4.78, 5) is 1.83. The molecule has 0 nitrogen and oxygen atoms in total. The van der Waals surface area contributed by atoms with Gasteiger partial charge in [-0.25, -0.2) is 0 Å². The van der Waals surface area contributed by atoms with Crippen molar-refractivity contribution in [1.82, 2.24) is 0 Å². The van der Waals surface area contributed by atoms with Gasteiger partial charge in [0.05, 0.1) is 0 Å². The minimum Gasteiger partial charge on any atom is -0.142 e. The number of benzene rings is 2. The zero-order valence-corrected chi connectivity index (χ0v) is 15.5. The van der Waals surface area contributed by atoms with Crippen molar-refractivity contribution in [3.63, 3.8) is 0 Å². The van der Waals surface area contributed by atoms with E-state index in [1.54, 1.807) is 0 Å². The summed E-state index contributed by atoms with van der Waals surface area (Å²) in [6.07, 6.45) is 0. The molecule has 22 heavy (non-hydrogen) atoms. The summed E-state index contributed by atoms with van der Waals surface area (Å²) in [6.45, 7) is 8.80. The third kappa shape index (κ3) is 3.99. The van der Waals surface area contributed by atoms with E-state index in [0.717, 1.165) is 20.9 Å². The van der Waals surface area contributed by atoms with Crippen LogP contribution >= 0.6 is 25.3 Å². The molecular weight excluding hydrogens is 304 g/mol. The fourth-order valence-corrected chi connectivity index (χ4v) is 2.88. The summed E-state index contributed by atoms with van der Waals surface area (Å²) >= 11 is 9.36. The van der Waals surface area contributed by atoms with Gasteiger partial charge in [-0.15, -0.1) is 25.3 Å². The van der Waals surface area contributed by atoms with Gasteiger partial charge in [0.15, 0.2) is 0 Å². The summed E-state index contributed by atoms with van der Waals surface area (Å²) < 4.78 is 0. The van der Waals surface area contributed by atoms with Gasteiger partial charge >= 0.3 is 0 Å². The lowest BCUT2D eigenvalue weighted by Crippen LogP contribution is -1.89. The van der Waals surface area contributed by atoms with Gasteiger partial charge in [0.25, 0.3) is 0 Å². The molecule has 2 rings (SSSR count). The Kier molecular flexibility index (Phi) is 5.82. The molecule has 0 fully saturated rings. The van der Waals surface area contributed by atoms with E-state index in [-0.39, 0.29) is 0 Å². The fourth-order valence-electron chi connectivity index (χ4n) is 2.33. The molecule has 0 aliphatic carbocycles. The summed E-state index contributed by atoms with van der Waals surface area (Å²) in [5.74, 6) is 1.08. The van der Waals surface area contributed by atoms with Crippen molar-refractivity contribution in [3.8, 4) is 0 Å². The minimum atomic E-state index is 0.542.